The Kier molecular flexibility index (Phi) is 3.88. The Balaban J connectivity index is 2.53. The quantitative estimate of drug-likeness (QED) is 0.946. The van der Waals surface area contributed by atoms with Crippen LogP contribution in [-0.4, -0.2) is 16.3 Å². The minimum absolute atomic E-state index is 0.610. The van der Waals surface area contributed by atoms with Crippen molar-refractivity contribution in [1.29, 1.82) is 0 Å². The van der Waals surface area contributed by atoms with E-state index in [0.717, 1.165) is 16.7 Å². The number of benzene rings is 1. The Morgan fingerprint density at radius 1 is 1.28 bits per heavy atom. The average Bonchev–Trinajstić information content (AvgIpc) is 2.59. The monoisotopic (exact) mass is 307 g/mol. The molecule has 0 aliphatic rings. The molecule has 18 heavy (non-hydrogen) atoms. The minimum atomic E-state index is 0.610. The second kappa shape index (κ2) is 5.24. The SMILES string of the molecule is Cc1ccc(-c2c(C)nn(CCN)c2C)cc1Br. The predicted molar refractivity (Wildman–Crippen MR) is 78.6 cm³/mol. The molecule has 0 aliphatic heterocycles. The van der Waals surface area contributed by atoms with Crippen molar-refractivity contribution in [1.82, 2.24) is 9.78 Å². The van der Waals surface area contributed by atoms with Gasteiger partial charge in [0.25, 0.3) is 0 Å². The van der Waals surface area contributed by atoms with Crippen molar-refractivity contribution in [2.45, 2.75) is 27.3 Å². The van der Waals surface area contributed by atoms with Crippen LogP contribution in [0.3, 0.4) is 0 Å². The number of hydrogen-bond acceptors (Lipinski definition) is 2. The molecule has 0 amide bonds. The topological polar surface area (TPSA) is 43.8 Å². The summed E-state index contributed by atoms with van der Waals surface area (Å²) < 4.78 is 3.11. The normalized spacial score (nSPS) is 10.9. The zero-order valence-corrected chi connectivity index (χ0v) is 12.6. The zero-order valence-electron chi connectivity index (χ0n) is 11.0. The molecule has 1 aromatic heterocycles. The fourth-order valence-corrected chi connectivity index (χ4v) is 2.58. The first-order chi connectivity index (χ1) is 8.54. The Hall–Kier alpha value is -1.13. The first kappa shape index (κ1) is 13.3. The summed E-state index contributed by atoms with van der Waals surface area (Å²) >= 11 is 3.58. The number of hydrogen-bond donors (Lipinski definition) is 1. The van der Waals surface area contributed by atoms with Crippen LogP contribution in [0.2, 0.25) is 0 Å². The zero-order chi connectivity index (χ0) is 13.3. The molecule has 1 aromatic carbocycles. The van der Waals surface area contributed by atoms with Crippen LogP contribution in [-0.2, 0) is 6.54 Å². The van der Waals surface area contributed by atoms with E-state index < -0.39 is 0 Å². The van der Waals surface area contributed by atoms with Gasteiger partial charge in [-0.05, 0) is 38.0 Å². The van der Waals surface area contributed by atoms with E-state index in [-0.39, 0.29) is 0 Å². The van der Waals surface area contributed by atoms with Crippen LogP contribution in [0.4, 0.5) is 0 Å². The Labute approximate surface area is 116 Å². The third-order valence-corrected chi connectivity index (χ3v) is 4.04. The summed E-state index contributed by atoms with van der Waals surface area (Å²) in [6.45, 7) is 7.60. The Morgan fingerprint density at radius 3 is 2.61 bits per heavy atom. The maximum atomic E-state index is 5.60. The van der Waals surface area contributed by atoms with Crippen LogP contribution in [0.5, 0.6) is 0 Å². The Bertz CT molecular complexity index is 573. The molecule has 0 atom stereocenters. The van der Waals surface area contributed by atoms with Gasteiger partial charge in [0.1, 0.15) is 0 Å². The predicted octanol–water partition coefficient (Wildman–Crippen LogP) is 3.20. The standard InChI is InChI=1S/C14H18BrN3/c1-9-4-5-12(8-13(9)15)14-10(2)17-18(7-6-16)11(14)3/h4-5,8H,6-7,16H2,1-3H3. The second-order valence-corrected chi connectivity index (χ2v) is 5.38. The summed E-state index contributed by atoms with van der Waals surface area (Å²) in [4.78, 5) is 0. The number of nitrogens with zero attached hydrogens (tertiary/aromatic N) is 2. The van der Waals surface area contributed by atoms with E-state index in [0.29, 0.717) is 6.54 Å². The van der Waals surface area contributed by atoms with E-state index in [1.807, 2.05) is 11.6 Å². The molecule has 3 nitrogen and oxygen atoms in total. The van der Waals surface area contributed by atoms with Crippen LogP contribution < -0.4 is 5.73 Å². The molecule has 0 fully saturated rings. The molecular weight excluding hydrogens is 290 g/mol. The van der Waals surface area contributed by atoms with Crippen molar-refractivity contribution in [2.75, 3.05) is 6.54 Å². The molecule has 0 bridgehead atoms. The van der Waals surface area contributed by atoms with E-state index in [4.69, 9.17) is 5.73 Å². The Morgan fingerprint density at radius 2 is 2.00 bits per heavy atom. The molecule has 0 aliphatic carbocycles. The number of nitrogens with two attached hydrogens (primary N) is 1. The number of aromatic nitrogens is 2. The number of halogens is 1. The third kappa shape index (κ3) is 2.35. The molecule has 96 valence electrons. The average molecular weight is 308 g/mol. The first-order valence-corrected chi connectivity index (χ1v) is 6.84. The van der Waals surface area contributed by atoms with Crippen molar-refractivity contribution < 1.29 is 0 Å². The molecule has 2 aromatic rings. The molecule has 4 heteroatoms. The van der Waals surface area contributed by atoms with Gasteiger partial charge in [-0.15, -0.1) is 0 Å². The van der Waals surface area contributed by atoms with Crippen molar-refractivity contribution in [2.24, 2.45) is 5.73 Å². The van der Waals surface area contributed by atoms with Crippen LogP contribution in [0.15, 0.2) is 22.7 Å². The van der Waals surface area contributed by atoms with Gasteiger partial charge in [0, 0.05) is 22.3 Å². The van der Waals surface area contributed by atoms with Crippen molar-refractivity contribution in [3.8, 4) is 11.1 Å². The largest absolute Gasteiger partial charge is 0.329 e. The maximum Gasteiger partial charge on any atom is 0.0674 e. The lowest BCUT2D eigenvalue weighted by atomic mass is 10.0. The fraction of sp³-hybridized carbons (Fsp3) is 0.357. The molecule has 2 rings (SSSR count). The van der Waals surface area contributed by atoms with Crippen LogP contribution in [0.25, 0.3) is 11.1 Å². The second-order valence-electron chi connectivity index (χ2n) is 4.52. The fourth-order valence-electron chi connectivity index (χ4n) is 2.20. The lowest BCUT2D eigenvalue weighted by Crippen LogP contribution is -2.12. The van der Waals surface area contributed by atoms with E-state index in [9.17, 15) is 0 Å². The van der Waals surface area contributed by atoms with Crippen molar-refractivity contribution >= 4 is 15.9 Å². The molecule has 0 saturated carbocycles. The highest BCUT2D eigenvalue weighted by Crippen LogP contribution is 2.30. The van der Waals surface area contributed by atoms with Gasteiger partial charge in [-0.1, -0.05) is 28.1 Å². The highest BCUT2D eigenvalue weighted by molar-refractivity contribution is 9.10. The van der Waals surface area contributed by atoms with Gasteiger partial charge in [-0.25, -0.2) is 0 Å². The summed E-state index contributed by atoms with van der Waals surface area (Å²) in [6, 6.07) is 6.42. The molecule has 2 N–H and O–H groups in total. The lowest BCUT2D eigenvalue weighted by Gasteiger charge is -2.06. The summed E-state index contributed by atoms with van der Waals surface area (Å²) in [6.07, 6.45) is 0. The maximum absolute atomic E-state index is 5.60. The van der Waals surface area contributed by atoms with Gasteiger partial charge in [0.05, 0.1) is 12.2 Å². The van der Waals surface area contributed by atoms with E-state index in [1.165, 1.54) is 22.4 Å². The van der Waals surface area contributed by atoms with Gasteiger partial charge in [0.15, 0.2) is 0 Å². The minimum Gasteiger partial charge on any atom is -0.329 e. The summed E-state index contributed by atoms with van der Waals surface area (Å²) in [5.41, 5.74) is 11.5. The van der Waals surface area contributed by atoms with Gasteiger partial charge < -0.3 is 5.73 Å². The highest BCUT2D eigenvalue weighted by atomic mass is 79.9. The first-order valence-electron chi connectivity index (χ1n) is 6.05. The van der Waals surface area contributed by atoms with Crippen LogP contribution in [0, 0.1) is 20.8 Å². The molecular formula is C14H18BrN3. The van der Waals surface area contributed by atoms with Crippen LogP contribution >= 0.6 is 15.9 Å². The number of rotatable bonds is 3. The molecule has 0 unspecified atom stereocenters. The van der Waals surface area contributed by atoms with Crippen molar-refractivity contribution in [3.63, 3.8) is 0 Å². The van der Waals surface area contributed by atoms with Gasteiger partial charge >= 0.3 is 0 Å². The third-order valence-electron chi connectivity index (χ3n) is 3.18. The molecule has 0 spiro atoms. The van der Waals surface area contributed by atoms with Gasteiger partial charge in [0.2, 0.25) is 0 Å². The molecule has 0 radical (unpaired) electrons. The summed E-state index contributed by atoms with van der Waals surface area (Å²) in [5, 5.41) is 4.55. The van der Waals surface area contributed by atoms with Gasteiger partial charge in [-0.3, -0.25) is 4.68 Å². The van der Waals surface area contributed by atoms with Gasteiger partial charge in [-0.2, -0.15) is 5.10 Å². The lowest BCUT2D eigenvalue weighted by molar-refractivity contribution is 0.604. The summed E-state index contributed by atoms with van der Waals surface area (Å²) in [5.74, 6) is 0. The smallest absolute Gasteiger partial charge is 0.0674 e. The van der Waals surface area contributed by atoms with Crippen molar-refractivity contribution in [3.05, 3.63) is 39.6 Å². The number of aryl methyl sites for hydroxylation is 2. The highest BCUT2D eigenvalue weighted by Gasteiger charge is 2.13. The van der Waals surface area contributed by atoms with E-state index >= 15 is 0 Å². The molecule has 1 heterocycles. The summed E-state index contributed by atoms with van der Waals surface area (Å²) in [7, 11) is 0. The van der Waals surface area contributed by atoms with E-state index in [1.54, 1.807) is 0 Å². The van der Waals surface area contributed by atoms with E-state index in [2.05, 4.69) is 53.1 Å². The van der Waals surface area contributed by atoms with Crippen LogP contribution in [0.1, 0.15) is 17.0 Å². The molecule has 0 saturated heterocycles.